The van der Waals surface area contributed by atoms with Crippen LogP contribution in [0.1, 0.15) is 23.2 Å². The van der Waals surface area contributed by atoms with Crippen molar-refractivity contribution < 1.29 is 22.8 Å². The summed E-state index contributed by atoms with van der Waals surface area (Å²) in [6.45, 7) is 1.06. The molecule has 1 aliphatic rings. The van der Waals surface area contributed by atoms with Crippen molar-refractivity contribution in [3.05, 3.63) is 54.1 Å². The van der Waals surface area contributed by atoms with Gasteiger partial charge in [0.1, 0.15) is 0 Å². The number of hydroxylamine groups is 1. The molecule has 11 heteroatoms. The maximum atomic E-state index is 12.8. The predicted molar refractivity (Wildman–Crippen MR) is 107 cm³/mol. The number of hydrogen-bond acceptors (Lipinski definition) is 8. The molecule has 1 saturated heterocycles. The standard InChI is InChI=1S/C19H19N5O5S/c25-17(23-26)13-6-8-15(9-7-13)20-19-22-21-18(29-19)14-4-3-5-16(12-14)30(27,28)24-10-1-2-11-24/h3-9,12,26H,1-2,10-11H2,(H,20,22)(H,23,25). The molecule has 3 aromatic rings. The van der Waals surface area contributed by atoms with Crippen LogP contribution < -0.4 is 10.8 Å². The lowest BCUT2D eigenvalue weighted by molar-refractivity contribution is 0.0706. The van der Waals surface area contributed by atoms with Crippen LogP contribution in [0.5, 0.6) is 0 Å². The first-order chi connectivity index (χ1) is 14.5. The van der Waals surface area contributed by atoms with E-state index in [1.165, 1.54) is 22.5 Å². The summed E-state index contributed by atoms with van der Waals surface area (Å²) in [4.78, 5) is 11.5. The Morgan fingerprint density at radius 3 is 2.50 bits per heavy atom. The van der Waals surface area contributed by atoms with Crippen molar-refractivity contribution in [2.75, 3.05) is 18.4 Å². The molecule has 10 nitrogen and oxygen atoms in total. The Labute approximate surface area is 172 Å². The van der Waals surface area contributed by atoms with E-state index in [0.29, 0.717) is 24.3 Å². The normalized spacial score (nSPS) is 14.6. The zero-order chi connectivity index (χ0) is 21.1. The number of nitrogens with one attached hydrogen (secondary N) is 2. The molecule has 156 valence electrons. The van der Waals surface area contributed by atoms with E-state index in [-0.39, 0.29) is 22.4 Å². The number of hydrogen-bond donors (Lipinski definition) is 3. The van der Waals surface area contributed by atoms with Gasteiger partial charge in [-0.3, -0.25) is 10.0 Å². The second-order valence-electron chi connectivity index (χ2n) is 6.69. The quantitative estimate of drug-likeness (QED) is 0.401. The van der Waals surface area contributed by atoms with Crippen molar-refractivity contribution in [1.29, 1.82) is 0 Å². The van der Waals surface area contributed by atoms with Gasteiger partial charge in [-0.2, -0.15) is 4.31 Å². The van der Waals surface area contributed by atoms with Crippen molar-refractivity contribution >= 4 is 27.6 Å². The van der Waals surface area contributed by atoms with Gasteiger partial charge in [0, 0.05) is 29.9 Å². The highest BCUT2D eigenvalue weighted by molar-refractivity contribution is 7.89. The van der Waals surface area contributed by atoms with Crippen LogP contribution in [0.25, 0.3) is 11.5 Å². The third kappa shape index (κ3) is 4.03. The fourth-order valence-electron chi connectivity index (χ4n) is 3.15. The molecule has 1 amide bonds. The minimum Gasteiger partial charge on any atom is -0.403 e. The highest BCUT2D eigenvalue weighted by atomic mass is 32.2. The van der Waals surface area contributed by atoms with Gasteiger partial charge in [0.15, 0.2) is 0 Å². The molecule has 0 radical (unpaired) electrons. The van der Waals surface area contributed by atoms with E-state index in [2.05, 4.69) is 15.5 Å². The third-order valence-electron chi connectivity index (χ3n) is 4.71. The Kier molecular flexibility index (Phi) is 5.48. The molecule has 0 aliphatic carbocycles. The van der Waals surface area contributed by atoms with Gasteiger partial charge in [0.25, 0.3) is 5.91 Å². The summed E-state index contributed by atoms with van der Waals surface area (Å²) in [5.41, 5.74) is 2.92. The lowest BCUT2D eigenvalue weighted by atomic mass is 10.2. The van der Waals surface area contributed by atoms with Crippen LogP contribution in [-0.4, -0.2) is 47.1 Å². The van der Waals surface area contributed by atoms with Gasteiger partial charge < -0.3 is 9.73 Å². The van der Waals surface area contributed by atoms with E-state index in [1.54, 1.807) is 35.8 Å². The monoisotopic (exact) mass is 429 g/mol. The molecular weight excluding hydrogens is 410 g/mol. The Hall–Kier alpha value is -3.28. The molecule has 0 saturated carbocycles. The lowest BCUT2D eigenvalue weighted by Crippen LogP contribution is -2.27. The number of carbonyl (C=O) groups is 1. The number of anilines is 2. The summed E-state index contributed by atoms with van der Waals surface area (Å²) in [5, 5.41) is 19.5. The summed E-state index contributed by atoms with van der Waals surface area (Å²) < 4.78 is 32.6. The molecular formula is C19H19N5O5S. The Bertz CT molecular complexity index is 1150. The summed E-state index contributed by atoms with van der Waals surface area (Å²) in [6, 6.07) is 12.8. The summed E-state index contributed by atoms with van der Waals surface area (Å²) in [6.07, 6.45) is 1.73. The first-order valence-corrected chi connectivity index (χ1v) is 10.7. The molecule has 2 heterocycles. The molecule has 4 rings (SSSR count). The minimum atomic E-state index is -3.55. The summed E-state index contributed by atoms with van der Waals surface area (Å²) >= 11 is 0. The molecule has 3 N–H and O–H groups in total. The Balaban J connectivity index is 1.52. The molecule has 1 fully saturated rings. The summed E-state index contributed by atoms with van der Waals surface area (Å²) in [7, 11) is -3.55. The third-order valence-corrected chi connectivity index (χ3v) is 6.60. The van der Waals surface area contributed by atoms with E-state index in [9.17, 15) is 13.2 Å². The zero-order valence-corrected chi connectivity index (χ0v) is 16.6. The van der Waals surface area contributed by atoms with E-state index < -0.39 is 15.9 Å². The first kappa shape index (κ1) is 20.0. The smallest absolute Gasteiger partial charge is 0.320 e. The fraction of sp³-hybridized carbons (Fsp3) is 0.211. The van der Waals surface area contributed by atoms with Crippen LogP contribution in [-0.2, 0) is 10.0 Å². The fourth-order valence-corrected chi connectivity index (χ4v) is 4.71. The van der Waals surface area contributed by atoms with E-state index in [1.807, 2.05) is 0 Å². The molecule has 30 heavy (non-hydrogen) atoms. The number of nitrogens with zero attached hydrogens (tertiary/aromatic N) is 3. The summed E-state index contributed by atoms with van der Waals surface area (Å²) in [5.74, 6) is -0.447. The molecule has 0 bridgehead atoms. The van der Waals surface area contributed by atoms with Gasteiger partial charge in [-0.15, -0.1) is 5.10 Å². The van der Waals surface area contributed by atoms with E-state index >= 15 is 0 Å². The number of amides is 1. The Morgan fingerprint density at radius 1 is 1.07 bits per heavy atom. The van der Waals surface area contributed by atoms with Gasteiger partial charge in [-0.05, 0) is 55.3 Å². The van der Waals surface area contributed by atoms with Crippen LogP contribution >= 0.6 is 0 Å². The van der Waals surface area contributed by atoms with Crippen molar-refractivity contribution in [3.63, 3.8) is 0 Å². The maximum Gasteiger partial charge on any atom is 0.320 e. The van der Waals surface area contributed by atoms with Crippen molar-refractivity contribution in [1.82, 2.24) is 20.0 Å². The number of aromatic nitrogens is 2. The first-order valence-electron chi connectivity index (χ1n) is 9.23. The number of benzene rings is 2. The lowest BCUT2D eigenvalue weighted by Gasteiger charge is -2.15. The van der Waals surface area contributed by atoms with Gasteiger partial charge in [-0.1, -0.05) is 11.2 Å². The zero-order valence-electron chi connectivity index (χ0n) is 15.8. The van der Waals surface area contributed by atoms with Crippen LogP contribution in [0.4, 0.5) is 11.7 Å². The second kappa shape index (κ2) is 8.22. The van der Waals surface area contributed by atoms with Gasteiger partial charge in [0.2, 0.25) is 15.9 Å². The largest absolute Gasteiger partial charge is 0.403 e. The molecule has 1 aromatic heterocycles. The van der Waals surface area contributed by atoms with Crippen molar-refractivity contribution in [2.24, 2.45) is 0 Å². The average molecular weight is 429 g/mol. The minimum absolute atomic E-state index is 0.108. The van der Waals surface area contributed by atoms with Crippen LogP contribution in [0.2, 0.25) is 0 Å². The highest BCUT2D eigenvalue weighted by Crippen LogP contribution is 2.27. The topological polar surface area (TPSA) is 138 Å². The molecule has 0 unspecified atom stereocenters. The average Bonchev–Trinajstić information content (AvgIpc) is 3.47. The highest BCUT2D eigenvalue weighted by Gasteiger charge is 2.27. The van der Waals surface area contributed by atoms with Crippen LogP contribution in [0, 0.1) is 0 Å². The van der Waals surface area contributed by atoms with Crippen LogP contribution in [0.15, 0.2) is 57.8 Å². The SMILES string of the molecule is O=C(NO)c1ccc(Nc2nnc(-c3cccc(S(=O)(=O)N4CCCC4)c3)o2)cc1. The molecule has 2 aromatic carbocycles. The Morgan fingerprint density at radius 2 is 1.80 bits per heavy atom. The molecule has 1 aliphatic heterocycles. The van der Waals surface area contributed by atoms with E-state index in [4.69, 9.17) is 9.62 Å². The maximum absolute atomic E-state index is 12.8. The van der Waals surface area contributed by atoms with E-state index in [0.717, 1.165) is 12.8 Å². The predicted octanol–water partition coefficient (Wildman–Crippen LogP) is 2.38. The van der Waals surface area contributed by atoms with Gasteiger partial charge in [-0.25, -0.2) is 13.9 Å². The molecule has 0 spiro atoms. The number of carbonyl (C=O) groups excluding carboxylic acids is 1. The number of sulfonamides is 1. The number of rotatable bonds is 6. The van der Waals surface area contributed by atoms with Crippen molar-refractivity contribution in [3.8, 4) is 11.5 Å². The van der Waals surface area contributed by atoms with Gasteiger partial charge in [0.05, 0.1) is 4.90 Å². The van der Waals surface area contributed by atoms with Gasteiger partial charge >= 0.3 is 6.01 Å². The van der Waals surface area contributed by atoms with Crippen LogP contribution in [0.3, 0.4) is 0 Å². The molecule has 0 atom stereocenters. The van der Waals surface area contributed by atoms with Crippen molar-refractivity contribution in [2.45, 2.75) is 17.7 Å². The second-order valence-corrected chi connectivity index (χ2v) is 8.63.